The van der Waals surface area contributed by atoms with Crippen molar-refractivity contribution in [3.05, 3.63) is 0 Å². The van der Waals surface area contributed by atoms with Gasteiger partial charge in [0, 0.05) is 7.11 Å². The molecule has 250 valence electrons. The zero-order chi connectivity index (χ0) is 31.4. The van der Waals surface area contributed by atoms with Crippen molar-refractivity contribution in [1.82, 2.24) is 0 Å². The van der Waals surface area contributed by atoms with Gasteiger partial charge in [-0.25, -0.2) is 0 Å². The van der Waals surface area contributed by atoms with E-state index >= 15 is 0 Å². The highest BCUT2D eigenvalue weighted by atomic mass is 31.2. The van der Waals surface area contributed by atoms with E-state index < -0.39 is 93.8 Å². The molecule has 10 atom stereocenters. The number of hydrogen-bond acceptors (Lipinski definition) is 15. The molecule has 5 aliphatic heterocycles. The summed E-state index contributed by atoms with van der Waals surface area (Å²) in [5.41, 5.74) is 0. The summed E-state index contributed by atoms with van der Waals surface area (Å²) in [7, 11) is -6.79. The molecule has 5 saturated heterocycles. The minimum atomic E-state index is -4.34. The lowest BCUT2D eigenvalue weighted by Gasteiger charge is -2.32. The Morgan fingerprint density at radius 3 is 1.95 bits per heavy atom. The summed E-state index contributed by atoms with van der Waals surface area (Å²) in [6.07, 6.45) is -6.68. The molecule has 0 radical (unpaired) electrons. The average molecular weight is 661 g/mol. The maximum Gasteiger partial charge on any atom is 0.343 e. The molecule has 15 nitrogen and oxygen atoms in total. The van der Waals surface area contributed by atoms with Crippen LogP contribution in [0.2, 0.25) is 0 Å². The standard InChI is InChI=1S/C26H46O15P2/c1-10-31-42(27,32-11-2)14-43(28,33-13-15-18-20(22(29-9)34-15)38-25(5,6)37-18)41-19-17(16-12-30-24(3,4)36-16)35-23-21(19)39-26(7,8)40-23/h15-23H,10-14H2,1-9H3/t15-,16-,17-,18-,19-,20-,21-,22-,23-,43?/m1/s1. The monoisotopic (exact) mass is 660 g/mol. The molecule has 0 saturated carbocycles. The Hall–Kier alpha value is -0.0600. The van der Waals surface area contributed by atoms with Crippen LogP contribution in [0.3, 0.4) is 0 Å². The summed E-state index contributed by atoms with van der Waals surface area (Å²) in [5.74, 6) is -3.43. The minimum Gasteiger partial charge on any atom is -0.353 e. The van der Waals surface area contributed by atoms with Gasteiger partial charge in [-0.05, 0) is 55.4 Å². The van der Waals surface area contributed by atoms with E-state index in [1.807, 2.05) is 0 Å². The lowest BCUT2D eigenvalue weighted by atomic mass is 10.1. The first-order valence-electron chi connectivity index (χ1n) is 14.7. The predicted octanol–water partition coefficient (Wildman–Crippen LogP) is 3.72. The Bertz CT molecular complexity index is 1070. The van der Waals surface area contributed by atoms with Crippen LogP contribution in [0.1, 0.15) is 55.4 Å². The molecule has 0 aliphatic carbocycles. The first-order chi connectivity index (χ1) is 20.0. The van der Waals surface area contributed by atoms with Crippen molar-refractivity contribution in [2.24, 2.45) is 0 Å². The molecule has 1 unspecified atom stereocenters. The van der Waals surface area contributed by atoms with E-state index in [-0.39, 0.29) is 26.4 Å². The van der Waals surface area contributed by atoms with Gasteiger partial charge in [-0.3, -0.25) is 13.7 Å². The third-order valence-electron chi connectivity index (χ3n) is 7.48. The Morgan fingerprint density at radius 2 is 1.35 bits per heavy atom. The fraction of sp³-hybridized carbons (Fsp3) is 1.00. The Labute approximate surface area is 252 Å². The molecule has 0 spiro atoms. The van der Waals surface area contributed by atoms with Crippen molar-refractivity contribution in [3.8, 4) is 0 Å². The highest BCUT2D eigenvalue weighted by Crippen LogP contribution is 2.66. The van der Waals surface area contributed by atoms with Crippen molar-refractivity contribution < 1.29 is 69.9 Å². The van der Waals surface area contributed by atoms with Gasteiger partial charge in [0.15, 0.2) is 35.8 Å². The van der Waals surface area contributed by atoms with Gasteiger partial charge in [-0.15, -0.1) is 0 Å². The van der Waals surface area contributed by atoms with E-state index in [0.29, 0.717) is 0 Å². The van der Waals surface area contributed by atoms with Crippen LogP contribution < -0.4 is 0 Å². The molecule has 0 N–H and O–H groups in total. The van der Waals surface area contributed by atoms with Crippen LogP contribution in [0.15, 0.2) is 0 Å². The molecule has 0 aromatic carbocycles. The van der Waals surface area contributed by atoms with Gasteiger partial charge in [0.05, 0.1) is 26.4 Å². The van der Waals surface area contributed by atoms with Crippen LogP contribution in [0.4, 0.5) is 0 Å². The molecule has 0 aromatic heterocycles. The molecule has 0 amide bonds. The summed E-state index contributed by atoms with van der Waals surface area (Å²) in [4.78, 5) is 0. The summed E-state index contributed by atoms with van der Waals surface area (Å²) < 4.78 is 105. The van der Waals surface area contributed by atoms with Crippen molar-refractivity contribution in [2.45, 2.75) is 128 Å². The van der Waals surface area contributed by atoms with Gasteiger partial charge < -0.3 is 56.2 Å². The summed E-state index contributed by atoms with van der Waals surface area (Å²) in [6, 6.07) is 0. The van der Waals surface area contributed by atoms with Crippen molar-refractivity contribution in [3.63, 3.8) is 0 Å². The number of fused-ring (bicyclic) bond motifs is 2. The molecule has 43 heavy (non-hydrogen) atoms. The molecule has 5 aliphatic rings. The van der Waals surface area contributed by atoms with Gasteiger partial charge in [0.25, 0.3) is 0 Å². The fourth-order valence-corrected chi connectivity index (χ4v) is 10.8. The quantitative estimate of drug-likeness (QED) is 0.263. The zero-order valence-electron chi connectivity index (χ0n) is 26.2. The van der Waals surface area contributed by atoms with Crippen molar-refractivity contribution in [2.75, 3.05) is 39.4 Å². The average Bonchev–Trinajstić information content (AvgIpc) is 3.64. The van der Waals surface area contributed by atoms with E-state index in [0.717, 1.165) is 0 Å². The third kappa shape index (κ3) is 7.58. The summed E-state index contributed by atoms with van der Waals surface area (Å²) in [5, 5.41) is 0. The lowest BCUT2D eigenvalue weighted by Crippen LogP contribution is -2.44. The Balaban J connectivity index is 1.41. The topological polar surface area (TPSA) is 154 Å². The molecule has 0 bridgehead atoms. The fourth-order valence-electron chi connectivity index (χ4n) is 5.97. The van der Waals surface area contributed by atoms with Crippen molar-refractivity contribution in [1.29, 1.82) is 0 Å². The summed E-state index contributed by atoms with van der Waals surface area (Å²) >= 11 is 0. The molecule has 5 rings (SSSR count). The summed E-state index contributed by atoms with van der Waals surface area (Å²) in [6.45, 7) is 13.9. The van der Waals surface area contributed by atoms with E-state index in [4.69, 9.17) is 60.7 Å². The normalized spacial score (nSPS) is 40.9. The number of ether oxygens (including phenoxy) is 9. The minimum absolute atomic E-state index is 0.0515. The smallest absolute Gasteiger partial charge is 0.343 e. The predicted molar refractivity (Wildman–Crippen MR) is 147 cm³/mol. The lowest BCUT2D eigenvalue weighted by molar-refractivity contribution is -0.232. The highest BCUT2D eigenvalue weighted by molar-refractivity contribution is 7.71. The molecule has 17 heteroatoms. The van der Waals surface area contributed by atoms with Crippen LogP contribution in [0.25, 0.3) is 0 Å². The van der Waals surface area contributed by atoms with E-state index in [1.165, 1.54) is 7.11 Å². The first-order valence-corrected chi connectivity index (χ1v) is 18.1. The Morgan fingerprint density at radius 1 is 0.721 bits per heavy atom. The molecule has 0 aromatic rings. The van der Waals surface area contributed by atoms with Crippen LogP contribution in [-0.4, -0.2) is 112 Å². The van der Waals surface area contributed by atoms with Crippen LogP contribution in [0, 0.1) is 0 Å². The third-order valence-corrected chi connectivity index (χ3v) is 12.7. The largest absolute Gasteiger partial charge is 0.353 e. The van der Waals surface area contributed by atoms with Crippen LogP contribution in [-0.2, 0) is 69.9 Å². The van der Waals surface area contributed by atoms with Crippen LogP contribution >= 0.6 is 15.2 Å². The van der Waals surface area contributed by atoms with Gasteiger partial charge in [-0.2, -0.15) is 0 Å². The zero-order valence-corrected chi connectivity index (χ0v) is 28.0. The maximum atomic E-state index is 14.7. The van der Waals surface area contributed by atoms with Gasteiger partial charge in [0.2, 0.25) is 0 Å². The second kappa shape index (κ2) is 12.5. The molecular weight excluding hydrogens is 614 g/mol. The maximum absolute atomic E-state index is 14.7. The van der Waals surface area contributed by atoms with E-state index in [2.05, 4.69) is 0 Å². The SMILES string of the molecule is CCOP(=O)(CP(=O)(OC[C@H]1O[C@@H](OC)[C@@H]2OC(C)(C)O[C@@H]21)O[C@H]1[C@H]2OC(C)(C)O[C@H]2O[C@@H]1[C@H]1COC(C)(C)O1)OCC. The van der Waals surface area contributed by atoms with E-state index in [9.17, 15) is 9.13 Å². The second-order valence-electron chi connectivity index (χ2n) is 12.3. The van der Waals surface area contributed by atoms with E-state index in [1.54, 1.807) is 55.4 Å². The molecule has 5 fully saturated rings. The molecular formula is C26H46O15P2. The van der Waals surface area contributed by atoms with Crippen LogP contribution in [0.5, 0.6) is 0 Å². The van der Waals surface area contributed by atoms with Gasteiger partial charge >= 0.3 is 15.2 Å². The Kier molecular flexibility index (Phi) is 9.98. The van der Waals surface area contributed by atoms with Gasteiger partial charge in [0.1, 0.15) is 42.7 Å². The number of rotatable bonds is 13. The number of methoxy groups -OCH3 is 1. The first kappa shape index (κ1) is 34.3. The highest BCUT2D eigenvalue weighted by Gasteiger charge is 2.62. The molecule has 5 heterocycles. The second-order valence-corrected chi connectivity index (χ2v) is 16.9. The van der Waals surface area contributed by atoms with Gasteiger partial charge in [-0.1, -0.05) is 0 Å². The van der Waals surface area contributed by atoms with Crippen molar-refractivity contribution >= 4 is 15.2 Å². The number of hydrogen-bond donors (Lipinski definition) is 0.